The molecule has 0 spiro atoms. The Morgan fingerprint density at radius 2 is 1.91 bits per heavy atom. The van der Waals surface area contributed by atoms with Gasteiger partial charge in [-0.25, -0.2) is 0 Å². The van der Waals surface area contributed by atoms with Gasteiger partial charge in [0.25, 0.3) is 0 Å². The van der Waals surface area contributed by atoms with Crippen molar-refractivity contribution in [2.75, 3.05) is 4.43 Å². The van der Waals surface area contributed by atoms with Gasteiger partial charge in [0, 0.05) is 0 Å². The second kappa shape index (κ2) is 9.28. The van der Waals surface area contributed by atoms with Crippen molar-refractivity contribution in [2.45, 2.75) is 49.4 Å². The Morgan fingerprint density at radius 1 is 1.23 bits per heavy atom. The zero-order valence-electron chi connectivity index (χ0n) is 13.1. The minimum atomic E-state index is -0.107. The Balaban J connectivity index is 1.75. The molecule has 3 nitrogen and oxygen atoms in total. The molecule has 0 aliphatic heterocycles. The Morgan fingerprint density at radius 3 is 2.50 bits per heavy atom. The van der Waals surface area contributed by atoms with Crippen LogP contribution in [-0.2, 0) is 4.79 Å². The topological polar surface area (TPSA) is 43.4 Å². The summed E-state index contributed by atoms with van der Waals surface area (Å²) in [5.41, 5.74) is 0.594. The number of alkyl halides is 2. The van der Waals surface area contributed by atoms with Gasteiger partial charge in [-0.1, -0.05) is 0 Å². The van der Waals surface area contributed by atoms with Crippen LogP contribution in [0.15, 0.2) is 24.3 Å². The summed E-state index contributed by atoms with van der Waals surface area (Å²) >= 11 is 0.318. The standard InChI is InChI=1S/C18H24IO3/c1-2-3-12-19-16-8-6-15(7-9-16)18(21)22-17-10-4-14(13-20)5-11-17/h4-5,10-11,13,15-16H,2-3,6-9,12H2,1H3/q-1. The Kier molecular flexibility index (Phi) is 7.36. The van der Waals surface area contributed by atoms with E-state index >= 15 is 0 Å². The van der Waals surface area contributed by atoms with Gasteiger partial charge in [0.05, 0.1) is 0 Å². The molecule has 0 radical (unpaired) electrons. The summed E-state index contributed by atoms with van der Waals surface area (Å²) in [5.74, 6) is 0.481. The van der Waals surface area contributed by atoms with Crippen LogP contribution in [0.3, 0.4) is 0 Å². The predicted octanol–water partition coefficient (Wildman–Crippen LogP) is 0.852. The van der Waals surface area contributed by atoms with Crippen molar-refractivity contribution in [3.05, 3.63) is 29.8 Å². The van der Waals surface area contributed by atoms with Gasteiger partial charge in [-0.3, -0.25) is 0 Å². The van der Waals surface area contributed by atoms with Gasteiger partial charge in [0.15, 0.2) is 0 Å². The van der Waals surface area contributed by atoms with Crippen molar-refractivity contribution in [1.82, 2.24) is 0 Å². The van der Waals surface area contributed by atoms with Crippen LogP contribution < -0.4 is 25.9 Å². The van der Waals surface area contributed by atoms with Crippen LogP contribution in [0, 0.1) is 5.92 Å². The van der Waals surface area contributed by atoms with E-state index in [1.54, 1.807) is 24.3 Å². The van der Waals surface area contributed by atoms with Gasteiger partial charge in [-0.15, -0.1) is 0 Å². The summed E-state index contributed by atoms with van der Waals surface area (Å²) in [6.45, 7) is 2.25. The number of ether oxygens (including phenoxy) is 1. The van der Waals surface area contributed by atoms with Crippen molar-refractivity contribution >= 4 is 12.3 Å². The molecule has 1 aromatic carbocycles. The van der Waals surface area contributed by atoms with Gasteiger partial charge >= 0.3 is 143 Å². The monoisotopic (exact) mass is 415 g/mol. The molecule has 0 unspecified atom stereocenters. The molecule has 2 rings (SSSR count). The van der Waals surface area contributed by atoms with E-state index in [4.69, 9.17) is 4.74 Å². The number of halogens is 1. The van der Waals surface area contributed by atoms with E-state index in [0.717, 1.165) is 23.1 Å². The molecule has 0 amide bonds. The van der Waals surface area contributed by atoms with E-state index in [1.807, 2.05) is 0 Å². The molecule has 0 saturated heterocycles. The van der Waals surface area contributed by atoms with Gasteiger partial charge in [-0.05, 0) is 0 Å². The third-order valence-electron chi connectivity index (χ3n) is 4.04. The molecule has 0 N–H and O–H groups in total. The number of rotatable bonds is 7. The maximum absolute atomic E-state index is 12.2. The molecular weight excluding hydrogens is 391 g/mol. The summed E-state index contributed by atoms with van der Waals surface area (Å²) < 4.78 is 7.77. The molecule has 0 heterocycles. The zero-order valence-corrected chi connectivity index (χ0v) is 15.3. The minimum absolute atomic E-state index is 0.0529. The number of benzene rings is 1. The van der Waals surface area contributed by atoms with E-state index in [1.165, 1.54) is 30.1 Å². The third kappa shape index (κ3) is 5.38. The van der Waals surface area contributed by atoms with E-state index in [2.05, 4.69) is 6.92 Å². The van der Waals surface area contributed by atoms with Crippen LogP contribution in [0.4, 0.5) is 0 Å². The second-order valence-corrected chi connectivity index (χ2v) is 9.47. The molecule has 0 atom stereocenters. The van der Waals surface area contributed by atoms with Gasteiger partial charge in [0.1, 0.15) is 0 Å². The number of unbranched alkanes of at least 4 members (excludes halogenated alkanes) is 1. The first-order chi connectivity index (χ1) is 10.7. The number of aldehydes is 1. The SMILES string of the molecule is CCCC[I-]C1CCC(C(=O)Oc2ccc(C=O)cc2)CC1. The summed E-state index contributed by atoms with van der Waals surface area (Å²) in [6, 6.07) is 6.71. The average molecular weight is 415 g/mol. The molecule has 0 bridgehead atoms. The molecule has 1 saturated carbocycles. The second-order valence-electron chi connectivity index (χ2n) is 5.75. The summed E-state index contributed by atoms with van der Waals surface area (Å²) in [7, 11) is 0. The van der Waals surface area contributed by atoms with Gasteiger partial charge in [-0.2, -0.15) is 0 Å². The fourth-order valence-electron chi connectivity index (χ4n) is 2.62. The molecular formula is C18H24IO3-. The van der Waals surface area contributed by atoms with Crippen molar-refractivity contribution < 1.29 is 35.5 Å². The molecule has 122 valence electrons. The molecule has 1 aliphatic rings. The van der Waals surface area contributed by atoms with E-state index in [9.17, 15) is 9.59 Å². The predicted molar refractivity (Wildman–Crippen MR) is 83.0 cm³/mol. The fourth-order valence-corrected chi connectivity index (χ4v) is 6.31. The first-order valence-corrected chi connectivity index (χ1v) is 10.8. The van der Waals surface area contributed by atoms with Crippen LogP contribution in [0.1, 0.15) is 55.8 Å². The fraction of sp³-hybridized carbons (Fsp3) is 0.556. The quantitative estimate of drug-likeness (QED) is 0.166. The van der Waals surface area contributed by atoms with Crippen LogP contribution in [0.5, 0.6) is 5.75 Å². The zero-order chi connectivity index (χ0) is 15.8. The number of hydrogen-bond donors (Lipinski definition) is 0. The van der Waals surface area contributed by atoms with E-state index < -0.39 is 0 Å². The summed E-state index contributed by atoms with van der Waals surface area (Å²) in [6.07, 6.45) is 7.79. The molecule has 1 aromatic rings. The maximum atomic E-state index is 12.2. The molecule has 0 aromatic heterocycles. The summed E-state index contributed by atoms with van der Waals surface area (Å²) in [4.78, 5) is 22.8. The number of carbonyl (C=O) groups is 2. The van der Waals surface area contributed by atoms with Crippen LogP contribution in [0.2, 0.25) is 0 Å². The first kappa shape index (κ1) is 17.4. The van der Waals surface area contributed by atoms with E-state index in [0.29, 0.717) is 32.5 Å². The number of hydrogen-bond acceptors (Lipinski definition) is 3. The van der Waals surface area contributed by atoms with Crippen molar-refractivity contribution in [2.24, 2.45) is 5.92 Å². The first-order valence-electron chi connectivity index (χ1n) is 8.07. The molecule has 1 fully saturated rings. The Labute approximate surface area is 143 Å². The number of esters is 1. The number of carbonyl (C=O) groups excluding carboxylic acids is 2. The normalized spacial score (nSPS) is 21.5. The van der Waals surface area contributed by atoms with Crippen LogP contribution in [-0.4, -0.2) is 20.6 Å². The van der Waals surface area contributed by atoms with Gasteiger partial charge in [0.2, 0.25) is 0 Å². The van der Waals surface area contributed by atoms with E-state index in [-0.39, 0.29) is 11.9 Å². The van der Waals surface area contributed by atoms with Crippen molar-refractivity contribution in [1.29, 1.82) is 0 Å². The summed E-state index contributed by atoms with van der Waals surface area (Å²) in [5, 5.41) is 0. The molecule has 4 heteroatoms. The van der Waals surface area contributed by atoms with Crippen molar-refractivity contribution in [3.8, 4) is 5.75 Å². The van der Waals surface area contributed by atoms with Gasteiger partial charge < -0.3 is 0 Å². The third-order valence-corrected chi connectivity index (χ3v) is 7.92. The average Bonchev–Trinajstić information content (AvgIpc) is 2.56. The Hall–Kier alpha value is -0.910. The van der Waals surface area contributed by atoms with Crippen LogP contribution >= 0.6 is 0 Å². The Bertz CT molecular complexity index is 476. The van der Waals surface area contributed by atoms with Crippen LogP contribution in [0.25, 0.3) is 0 Å². The van der Waals surface area contributed by atoms with Crippen molar-refractivity contribution in [3.63, 3.8) is 0 Å². The molecule has 22 heavy (non-hydrogen) atoms. The molecule has 1 aliphatic carbocycles.